The minimum absolute atomic E-state index is 0.266. The van der Waals surface area contributed by atoms with Crippen LogP contribution in [0.4, 0.5) is 0 Å². The Morgan fingerprint density at radius 3 is 2.88 bits per heavy atom. The fraction of sp³-hybridized carbons (Fsp3) is 0.909. The van der Waals surface area contributed by atoms with Gasteiger partial charge in [0.2, 0.25) is 0 Å². The minimum atomic E-state index is 0.266. The van der Waals surface area contributed by atoms with Crippen molar-refractivity contribution < 1.29 is 9.94 Å². The van der Waals surface area contributed by atoms with Gasteiger partial charge in [0.15, 0.2) is 0 Å². The molecule has 1 saturated heterocycles. The summed E-state index contributed by atoms with van der Waals surface area (Å²) in [6.07, 6.45) is 3.67. The number of hydrogen-bond donors (Lipinski definition) is 2. The molecule has 2 bridgehead atoms. The summed E-state index contributed by atoms with van der Waals surface area (Å²) < 4.78 is 5.32. The Bertz CT molecular complexity index is 289. The second kappa shape index (κ2) is 4.31. The molecule has 2 saturated carbocycles. The Kier molecular flexibility index (Phi) is 2.83. The number of hydrazine groups is 1. The first-order valence-electron chi connectivity index (χ1n) is 6.19. The molecule has 1 heterocycles. The molecule has 3 rings (SSSR count). The number of oxime groups is 1. The van der Waals surface area contributed by atoms with Crippen molar-refractivity contribution in [3.63, 3.8) is 0 Å². The quantitative estimate of drug-likeness (QED) is 0.529. The number of ether oxygens (including phenoxy) is 1. The smallest absolute Gasteiger partial charge is 0.0787 e. The maximum absolute atomic E-state index is 9.09. The van der Waals surface area contributed by atoms with E-state index in [9.17, 15) is 0 Å². The molecule has 0 spiro atoms. The van der Waals surface area contributed by atoms with Crippen molar-refractivity contribution in [1.82, 2.24) is 10.4 Å². The van der Waals surface area contributed by atoms with Crippen LogP contribution in [0.5, 0.6) is 0 Å². The number of rotatable bonds is 2. The first kappa shape index (κ1) is 10.5. The number of fused-ring (bicyclic) bond motifs is 2. The molecule has 5 nitrogen and oxygen atoms in total. The normalized spacial score (nSPS) is 42.0. The summed E-state index contributed by atoms with van der Waals surface area (Å²) in [6.45, 7) is 3.43. The van der Waals surface area contributed by atoms with Crippen LogP contribution in [0.15, 0.2) is 5.16 Å². The van der Waals surface area contributed by atoms with E-state index in [0.717, 1.165) is 32.0 Å². The topological polar surface area (TPSA) is 57.1 Å². The molecule has 0 aromatic heterocycles. The summed E-state index contributed by atoms with van der Waals surface area (Å²) >= 11 is 0. The van der Waals surface area contributed by atoms with Gasteiger partial charge in [-0.15, -0.1) is 0 Å². The first-order valence-corrected chi connectivity index (χ1v) is 6.19. The van der Waals surface area contributed by atoms with Crippen LogP contribution < -0.4 is 5.43 Å². The molecule has 1 aliphatic heterocycles. The van der Waals surface area contributed by atoms with Crippen LogP contribution >= 0.6 is 0 Å². The molecule has 0 amide bonds. The summed E-state index contributed by atoms with van der Waals surface area (Å²) in [7, 11) is 0. The number of nitrogens with one attached hydrogen (secondary N) is 1. The van der Waals surface area contributed by atoms with Gasteiger partial charge in [0.05, 0.1) is 25.0 Å². The summed E-state index contributed by atoms with van der Waals surface area (Å²) in [5.74, 6) is 1.19. The Hall–Kier alpha value is -0.650. The van der Waals surface area contributed by atoms with Crippen LogP contribution in [0.2, 0.25) is 0 Å². The van der Waals surface area contributed by atoms with Crippen LogP contribution in [0.1, 0.15) is 19.3 Å². The molecule has 5 heteroatoms. The lowest BCUT2D eigenvalue weighted by molar-refractivity contribution is 0.00499. The zero-order valence-corrected chi connectivity index (χ0v) is 9.43. The highest BCUT2D eigenvalue weighted by molar-refractivity contribution is 5.94. The Labute approximate surface area is 95.4 Å². The van der Waals surface area contributed by atoms with Crippen LogP contribution in [-0.4, -0.2) is 48.3 Å². The zero-order valence-electron chi connectivity index (χ0n) is 9.43. The van der Waals surface area contributed by atoms with Gasteiger partial charge in [0, 0.05) is 19.0 Å². The minimum Gasteiger partial charge on any atom is -0.411 e. The second-order valence-corrected chi connectivity index (χ2v) is 5.00. The van der Waals surface area contributed by atoms with Gasteiger partial charge in [-0.3, -0.25) is 0 Å². The van der Waals surface area contributed by atoms with Gasteiger partial charge in [-0.2, -0.15) is 0 Å². The molecule has 2 aliphatic carbocycles. The maximum atomic E-state index is 9.09. The predicted molar refractivity (Wildman–Crippen MR) is 59.4 cm³/mol. The van der Waals surface area contributed by atoms with Crippen LogP contribution in [0, 0.1) is 11.8 Å². The van der Waals surface area contributed by atoms with E-state index >= 15 is 0 Å². The number of morpholine rings is 1. The molecule has 2 N–H and O–H groups in total. The lowest BCUT2D eigenvalue weighted by Crippen LogP contribution is -2.54. The predicted octanol–water partition coefficient (Wildman–Crippen LogP) is 0.452. The molecule has 16 heavy (non-hydrogen) atoms. The van der Waals surface area contributed by atoms with Crippen molar-refractivity contribution >= 4 is 5.71 Å². The van der Waals surface area contributed by atoms with Gasteiger partial charge in [-0.1, -0.05) is 5.16 Å². The molecule has 3 aliphatic rings. The summed E-state index contributed by atoms with van der Waals surface area (Å²) in [5.41, 5.74) is 4.49. The molecule has 3 atom stereocenters. The SMILES string of the molecule is O/N=C1\[C@@H]2CC[C@@H](C2)[C@@H]1NN1CCOCC1. The van der Waals surface area contributed by atoms with E-state index in [2.05, 4.69) is 15.6 Å². The zero-order chi connectivity index (χ0) is 11.0. The fourth-order valence-electron chi connectivity index (χ4n) is 3.29. The van der Waals surface area contributed by atoms with Crippen molar-refractivity contribution in [2.75, 3.05) is 26.3 Å². The van der Waals surface area contributed by atoms with E-state index < -0.39 is 0 Å². The first-order chi connectivity index (χ1) is 7.88. The van der Waals surface area contributed by atoms with E-state index in [0.29, 0.717) is 11.8 Å². The second-order valence-electron chi connectivity index (χ2n) is 5.00. The highest BCUT2D eigenvalue weighted by Crippen LogP contribution is 2.42. The summed E-state index contributed by atoms with van der Waals surface area (Å²) in [4.78, 5) is 0. The van der Waals surface area contributed by atoms with E-state index in [-0.39, 0.29) is 6.04 Å². The molecule has 0 radical (unpaired) electrons. The van der Waals surface area contributed by atoms with Gasteiger partial charge in [0.1, 0.15) is 0 Å². The Morgan fingerprint density at radius 2 is 2.12 bits per heavy atom. The lowest BCUT2D eigenvalue weighted by atomic mass is 9.94. The number of nitrogens with zero attached hydrogens (tertiary/aromatic N) is 2. The maximum Gasteiger partial charge on any atom is 0.0787 e. The fourth-order valence-corrected chi connectivity index (χ4v) is 3.29. The van der Waals surface area contributed by atoms with Gasteiger partial charge < -0.3 is 9.94 Å². The van der Waals surface area contributed by atoms with E-state index in [1.165, 1.54) is 19.3 Å². The highest BCUT2D eigenvalue weighted by Gasteiger charge is 2.46. The molecular weight excluding hydrogens is 206 g/mol. The van der Waals surface area contributed by atoms with Crippen molar-refractivity contribution in [2.24, 2.45) is 17.0 Å². The summed E-state index contributed by atoms with van der Waals surface area (Å²) in [6, 6.07) is 0.266. The summed E-state index contributed by atoms with van der Waals surface area (Å²) in [5, 5.41) is 14.8. The monoisotopic (exact) mass is 225 g/mol. The molecule has 0 unspecified atom stereocenters. The van der Waals surface area contributed by atoms with E-state index in [4.69, 9.17) is 9.94 Å². The molecule has 90 valence electrons. The molecule has 0 aromatic rings. The van der Waals surface area contributed by atoms with Crippen molar-refractivity contribution in [3.05, 3.63) is 0 Å². The molecule has 3 fully saturated rings. The average molecular weight is 225 g/mol. The van der Waals surface area contributed by atoms with Gasteiger partial charge in [0.25, 0.3) is 0 Å². The lowest BCUT2D eigenvalue weighted by Gasteiger charge is -2.33. The number of hydrogen-bond acceptors (Lipinski definition) is 5. The third-order valence-electron chi connectivity index (χ3n) is 4.13. The third-order valence-corrected chi connectivity index (χ3v) is 4.13. The largest absolute Gasteiger partial charge is 0.411 e. The molecule has 0 aromatic carbocycles. The van der Waals surface area contributed by atoms with Crippen molar-refractivity contribution in [1.29, 1.82) is 0 Å². The Morgan fingerprint density at radius 1 is 1.31 bits per heavy atom. The van der Waals surface area contributed by atoms with Gasteiger partial charge in [-0.25, -0.2) is 10.4 Å². The van der Waals surface area contributed by atoms with Gasteiger partial charge >= 0.3 is 0 Å². The average Bonchev–Trinajstić information content (AvgIpc) is 2.91. The van der Waals surface area contributed by atoms with Crippen LogP contribution in [0.25, 0.3) is 0 Å². The van der Waals surface area contributed by atoms with Crippen molar-refractivity contribution in [2.45, 2.75) is 25.3 Å². The van der Waals surface area contributed by atoms with E-state index in [1.807, 2.05) is 0 Å². The van der Waals surface area contributed by atoms with Gasteiger partial charge in [-0.05, 0) is 25.2 Å². The van der Waals surface area contributed by atoms with Crippen molar-refractivity contribution in [3.8, 4) is 0 Å². The van der Waals surface area contributed by atoms with E-state index in [1.54, 1.807) is 0 Å². The van der Waals surface area contributed by atoms with Crippen LogP contribution in [0.3, 0.4) is 0 Å². The standard InChI is InChI=1S/C11H19N3O2/c15-13-11-9-2-1-8(7-9)10(11)12-14-3-5-16-6-4-14/h8-10,12,15H,1-7H2/b13-11+/t8-,9+,10-/m0/s1. The molecular formula is C11H19N3O2. The highest BCUT2D eigenvalue weighted by atomic mass is 16.5. The third kappa shape index (κ3) is 1.73. The Balaban J connectivity index is 1.65. The van der Waals surface area contributed by atoms with Crippen LogP contribution in [-0.2, 0) is 4.74 Å².